The molecule has 2 amide bonds. The predicted octanol–water partition coefficient (Wildman–Crippen LogP) is 2.58. The lowest BCUT2D eigenvalue weighted by molar-refractivity contribution is -0.138. The molecule has 1 N–H and O–H groups in total. The maximum Gasteiger partial charge on any atom is 0.251 e. The summed E-state index contributed by atoms with van der Waals surface area (Å²) in [5.74, 6) is -0.758. The highest BCUT2D eigenvalue weighted by Gasteiger charge is 2.50. The Labute approximate surface area is 231 Å². The van der Waals surface area contributed by atoms with E-state index in [2.05, 4.69) is 33.7 Å². The first kappa shape index (κ1) is 27.4. The number of anilines is 1. The number of hydrogen-bond acceptors (Lipinski definition) is 8. The number of carbonyl (C=O) groups is 3. The lowest BCUT2D eigenvalue weighted by Crippen LogP contribution is -2.52. The van der Waals surface area contributed by atoms with Gasteiger partial charge in [-0.1, -0.05) is 43.9 Å². The number of benzene rings is 1. The molecule has 3 saturated heterocycles. The molecule has 3 aliphatic heterocycles. The van der Waals surface area contributed by atoms with Crippen molar-refractivity contribution in [2.45, 2.75) is 38.5 Å². The van der Waals surface area contributed by atoms with Crippen LogP contribution in [0.4, 0.5) is 9.52 Å². The van der Waals surface area contributed by atoms with Crippen molar-refractivity contribution in [3.8, 4) is 11.3 Å². The van der Waals surface area contributed by atoms with Gasteiger partial charge in [0.15, 0.2) is 10.9 Å². The second-order valence-electron chi connectivity index (χ2n) is 10.9. The van der Waals surface area contributed by atoms with E-state index in [0.29, 0.717) is 28.3 Å². The fourth-order valence-electron chi connectivity index (χ4n) is 5.33. The molecule has 3 aliphatic rings. The second-order valence-corrected chi connectivity index (χ2v) is 11.8. The Kier molecular flexibility index (Phi) is 7.84. The van der Waals surface area contributed by atoms with Gasteiger partial charge in [0.2, 0.25) is 11.0 Å². The molecule has 0 unspecified atom stereocenters. The molecule has 1 aromatic heterocycles. The summed E-state index contributed by atoms with van der Waals surface area (Å²) in [6.07, 6.45) is -0.0655. The number of hydrogen-bond donors (Lipinski definition) is 1. The molecule has 5 rings (SSSR count). The van der Waals surface area contributed by atoms with Crippen molar-refractivity contribution in [2.24, 2.45) is 5.92 Å². The van der Waals surface area contributed by atoms with Gasteiger partial charge in [-0.25, -0.2) is 4.98 Å². The highest BCUT2D eigenvalue weighted by atomic mass is 32.1. The molecule has 3 fully saturated rings. The molecule has 0 saturated carbocycles. The predicted molar refractivity (Wildman–Crippen MR) is 147 cm³/mol. The van der Waals surface area contributed by atoms with Crippen LogP contribution in [0.3, 0.4) is 0 Å². The third-order valence-electron chi connectivity index (χ3n) is 7.50. The van der Waals surface area contributed by atoms with Crippen LogP contribution in [0, 0.1) is 11.0 Å². The second kappa shape index (κ2) is 11.1. The number of thiazole rings is 1. The molecular formula is C28H34FN5O4S. The van der Waals surface area contributed by atoms with Crippen LogP contribution < -0.4 is 10.2 Å². The van der Waals surface area contributed by atoms with Gasteiger partial charge in [0, 0.05) is 43.9 Å². The molecular weight excluding hydrogens is 521 g/mol. The van der Waals surface area contributed by atoms with E-state index in [4.69, 9.17) is 4.74 Å². The number of nitrogens with one attached hydrogen (secondary N) is 1. The summed E-state index contributed by atoms with van der Waals surface area (Å²) in [4.78, 5) is 49.4. The van der Waals surface area contributed by atoms with E-state index in [1.54, 1.807) is 24.3 Å². The average Bonchev–Trinajstić information content (AvgIpc) is 3.58. The first-order valence-corrected chi connectivity index (χ1v) is 14.1. The van der Waals surface area contributed by atoms with E-state index in [0.717, 1.165) is 37.5 Å². The Balaban J connectivity index is 1.28. The van der Waals surface area contributed by atoms with Crippen molar-refractivity contribution in [3.63, 3.8) is 0 Å². The molecule has 1 aromatic carbocycles. The lowest BCUT2D eigenvalue weighted by Gasteiger charge is -2.31. The number of rotatable bonds is 7. The zero-order valence-electron chi connectivity index (χ0n) is 22.5. The Hall–Kier alpha value is -3.15. The summed E-state index contributed by atoms with van der Waals surface area (Å²) in [6, 6.07) is 5.07. The molecule has 11 heteroatoms. The van der Waals surface area contributed by atoms with E-state index in [9.17, 15) is 18.8 Å². The number of piperazine rings is 1. The zero-order valence-corrected chi connectivity index (χ0v) is 23.3. The van der Waals surface area contributed by atoms with Gasteiger partial charge >= 0.3 is 0 Å². The van der Waals surface area contributed by atoms with Crippen molar-refractivity contribution in [2.75, 3.05) is 51.3 Å². The number of likely N-dealkylation sites (tertiary alicyclic amines) is 1. The summed E-state index contributed by atoms with van der Waals surface area (Å²) in [6.45, 7) is 11.5. The van der Waals surface area contributed by atoms with E-state index in [-0.39, 0.29) is 41.6 Å². The molecule has 3 atom stereocenters. The number of aromatic nitrogens is 1. The normalized spacial score (nSPS) is 22.5. The van der Waals surface area contributed by atoms with Gasteiger partial charge in [0.25, 0.3) is 5.91 Å². The molecule has 9 nitrogen and oxygen atoms in total. The van der Waals surface area contributed by atoms with Crippen LogP contribution in [0.15, 0.2) is 36.4 Å². The topological polar surface area (TPSA) is 95.1 Å². The highest BCUT2D eigenvalue weighted by Crippen LogP contribution is 2.33. The lowest BCUT2D eigenvalue weighted by atomic mass is 10.0. The smallest absolute Gasteiger partial charge is 0.251 e. The van der Waals surface area contributed by atoms with Crippen LogP contribution in [0.5, 0.6) is 0 Å². The Morgan fingerprint density at radius 1 is 1.21 bits per heavy atom. The maximum absolute atomic E-state index is 14.8. The number of ketones is 1. The van der Waals surface area contributed by atoms with Gasteiger partial charge in [-0.2, -0.15) is 4.39 Å². The minimum atomic E-state index is -0.806. The summed E-state index contributed by atoms with van der Waals surface area (Å²) >= 11 is 1.03. The maximum atomic E-state index is 14.8. The summed E-state index contributed by atoms with van der Waals surface area (Å²) < 4.78 is 20.3. The van der Waals surface area contributed by atoms with Crippen LogP contribution in [-0.2, 0) is 14.3 Å². The van der Waals surface area contributed by atoms with Crippen molar-refractivity contribution in [1.82, 2.24) is 20.1 Å². The standard InChI is InChI=1S/C28H34FN5O4S/c1-16(2)13-20(27(37)34-14-17(3)24-23(34)21(35)15-38-24)30-26(36)19-7-5-18(6-8-19)22-25(29)39-28(31-22)33-11-9-32(4)10-12-33/h5-8,16,20,23-24H,3,9-15H2,1-2,4H3,(H,30,36)/t20-,23+,24+/m0/s1. The monoisotopic (exact) mass is 555 g/mol. The van der Waals surface area contributed by atoms with Crippen LogP contribution in [0.2, 0.25) is 0 Å². The average molecular weight is 556 g/mol. The number of ether oxygens (including phenoxy) is 1. The van der Waals surface area contributed by atoms with Gasteiger partial charge in [-0.05, 0) is 37.1 Å². The number of nitrogens with zero attached hydrogens (tertiary/aromatic N) is 4. The SMILES string of the molecule is C=C1CN(C(=O)[C@H](CC(C)C)NC(=O)c2ccc(-c3nc(N4CCN(C)CC4)sc3F)cc2)[C@@H]2C(=O)CO[C@H]12. The molecule has 0 bridgehead atoms. The number of fused-ring (bicyclic) bond motifs is 1. The molecule has 39 heavy (non-hydrogen) atoms. The van der Waals surface area contributed by atoms with Crippen LogP contribution in [-0.4, -0.2) is 96.9 Å². The Morgan fingerprint density at radius 3 is 2.56 bits per heavy atom. The highest BCUT2D eigenvalue weighted by molar-refractivity contribution is 7.14. The quantitative estimate of drug-likeness (QED) is 0.525. The minimum absolute atomic E-state index is 0.0395. The summed E-state index contributed by atoms with van der Waals surface area (Å²) in [7, 11) is 2.06. The Bertz CT molecular complexity index is 1270. The first-order valence-electron chi connectivity index (χ1n) is 13.3. The number of Topliss-reactive ketones (excluding diaryl/α,β-unsaturated/α-hetero) is 1. The van der Waals surface area contributed by atoms with E-state index < -0.39 is 24.1 Å². The molecule has 0 spiro atoms. The van der Waals surface area contributed by atoms with Crippen LogP contribution >= 0.6 is 11.3 Å². The van der Waals surface area contributed by atoms with Crippen LogP contribution in [0.1, 0.15) is 30.6 Å². The molecule has 0 radical (unpaired) electrons. The van der Waals surface area contributed by atoms with Crippen molar-refractivity contribution in [3.05, 3.63) is 47.1 Å². The fourth-order valence-corrected chi connectivity index (χ4v) is 6.20. The number of likely N-dealkylation sites (N-methyl/N-ethyl adjacent to an activating group) is 1. The van der Waals surface area contributed by atoms with Gasteiger partial charge in [0.05, 0.1) is 0 Å². The van der Waals surface area contributed by atoms with Gasteiger partial charge in [-0.15, -0.1) is 0 Å². The number of amides is 2. The number of halogens is 1. The number of carbonyl (C=O) groups excluding carboxylic acids is 3. The third-order valence-corrected chi connectivity index (χ3v) is 8.40. The van der Waals surface area contributed by atoms with Gasteiger partial charge in [-0.3, -0.25) is 14.4 Å². The summed E-state index contributed by atoms with van der Waals surface area (Å²) in [5, 5.41) is 3.16. The first-order chi connectivity index (χ1) is 18.6. The van der Waals surface area contributed by atoms with E-state index in [1.807, 2.05) is 13.8 Å². The molecule has 4 heterocycles. The Morgan fingerprint density at radius 2 is 1.90 bits per heavy atom. The third kappa shape index (κ3) is 5.61. The van der Waals surface area contributed by atoms with E-state index >= 15 is 0 Å². The van der Waals surface area contributed by atoms with Crippen LogP contribution in [0.25, 0.3) is 11.3 Å². The summed E-state index contributed by atoms with van der Waals surface area (Å²) in [5.41, 5.74) is 1.88. The molecule has 2 aromatic rings. The van der Waals surface area contributed by atoms with Gasteiger partial charge in [0.1, 0.15) is 30.5 Å². The minimum Gasteiger partial charge on any atom is -0.363 e. The van der Waals surface area contributed by atoms with Crippen molar-refractivity contribution >= 4 is 34.1 Å². The molecule has 0 aliphatic carbocycles. The zero-order chi connectivity index (χ0) is 27.8. The largest absolute Gasteiger partial charge is 0.363 e. The van der Waals surface area contributed by atoms with Gasteiger partial charge < -0.3 is 24.8 Å². The van der Waals surface area contributed by atoms with Crippen molar-refractivity contribution in [1.29, 1.82) is 0 Å². The molecule has 208 valence electrons. The fraction of sp³-hybridized carbons (Fsp3) is 0.500. The van der Waals surface area contributed by atoms with E-state index in [1.165, 1.54) is 4.90 Å². The van der Waals surface area contributed by atoms with Crippen molar-refractivity contribution < 1.29 is 23.5 Å².